The number of halogens is 1. The van der Waals surface area contributed by atoms with Crippen LogP contribution in [0.5, 0.6) is 5.75 Å². The number of aromatic hydroxyl groups is 1. The average molecular weight is 255 g/mol. The van der Waals surface area contributed by atoms with Crippen LogP contribution in [0.15, 0.2) is 18.2 Å². The number of phenols is 1. The molecule has 1 aliphatic heterocycles. The summed E-state index contributed by atoms with van der Waals surface area (Å²) in [6.45, 7) is 3.16. The third kappa shape index (κ3) is 2.98. The van der Waals surface area contributed by atoms with Gasteiger partial charge in [-0.1, -0.05) is 0 Å². The highest BCUT2D eigenvalue weighted by molar-refractivity contribution is 5.28. The summed E-state index contributed by atoms with van der Waals surface area (Å²) < 4.78 is 18.4. The molecular weight excluding hydrogens is 237 g/mol. The standard InChI is InChI=1S/C13H18FNO3/c1-9-13(17,2-3-18-9)8-15-7-10-4-11(14)6-12(16)5-10/h4-6,9,15-17H,2-3,7-8H2,1H3. The maximum atomic E-state index is 13.0. The molecule has 0 amide bonds. The molecule has 1 aromatic rings. The lowest BCUT2D eigenvalue weighted by Crippen LogP contribution is -2.45. The zero-order valence-corrected chi connectivity index (χ0v) is 10.3. The van der Waals surface area contributed by atoms with Gasteiger partial charge in [-0.15, -0.1) is 0 Å². The molecule has 1 saturated heterocycles. The number of phenolic OH excluding ortho intramolecular Hbond substituents is 1. The number of rotatable bonds is 4. The van der Waals surface area contributed by atoms with Crippen molar-refractivity contribution in [2.24, 2.45) is 0 Å². The Hall–Kier alpha value is -1.17. The Morgan fingerprint density at radius 2 is 2.28 bits per heavy atom. The van der Waals surface area contributed by atoms with Crippen molar-refractivity contribution in [3.63, 3.8) is 0 Å². The molecule has 0 aliphatic carbocycles. The second-order valence-corrected chi connectivity index (χ2v) is 4.79. The predicted molar refractivity (Wildman–Crippen MR) is 64.8 cm³/mol. The molecule has 0 bridgehead atoms. The number of nitrogens with one attached hydrogen (secondary N) is 1. The van der Waals surface area contributed by atoms with Crippen LogP contribution in [0.4, 0.5) is 4.39 Å². The third-order valence-electron chi connectivity index (χ3n) is 3.36. The van der Waals surface area contributed by atoms with Crippen LogP contribution in [0.1, 0.15) is 18.9 Å². The number of hydrogen-bond donors (Lipinski definition) is 3. The summed E-state index contributed by atoms with van der Waals surface area (Å²) in [6, 6.07) is 3.91. The molecule has 5 heteroatoms. The first-order valence-electron chi connectivity index (χ1n) is 6.03. The quantitative estimate of drug-likeness (QED) is 0.755. The fourth-order valence-electron chi connectivity index (χ4n) is 2.16. The molecule has 3 N–H and O–H groups in total. The van der Waals surface area contributed by atoms with E-state index >= 15 is 0 Å². The average Bonchev–Trinajstić information content (AvgIpc) is 2.58. The van der Waals surface area contributed by atoms with Crippen molar-refractivity contribution in [2.45, 2.75) is 31.6 Å². The summed E-state index contributed by atoms with van der Waals surface area (Å²) in [4.78, 5) is 0. The lowest BCUT2D eigenvalue weighted by atomic mass is 9.96. The van der Waals surface area contributed by atoms with Crippen LogP contribution in [-0.2, 0) is 11.3 Å². The Labute approximate surface area is 105 Å². The topological polar surface area (TPSA) is 61.7 Å². The molecule has 1 heterocycles. The molecule has 2 unspecified atom stereocenters. The highest BCUT2D eigenvalue weighted by Gasteiger charge is 2.38. The second kappa shape index (κ2) is 5.22. The van der Waals surface area contributed by atoms with Gasteiger partial charge in [0.1, 0.15) is 17.2 Å². The van der Waals surface area contributed by atoms with Gasteiger partial charge in [0.25, 0.3) is 0 Å². The normalized spacial score (nSPS) is 27.6. The first-order chi connectivity index (χ1) is 8.49. The Morgan fingerprint density at radius 3 is 2.89 bits per heavy atom. The van der Waals surface area contributed by atoms with Crippen molar-refractivity contribution in [3.8, 4) is 5.75 Å². The predicted octanol–water partition coefficient (Wildman–Crippen LogP) is 1.16. The molecule has 0 aromatic heterocycles. The summed E-state index contributed by atoms with van der Waals surface area (Å²) in [5.74, 6) is -0.564. The van der Waals surface area contributed by atoms with Gasteiger partial charge in [-0.05, 0) is 24.6 Å². The van der Waals surface area contributed by atoms with E-state index < -0.39 is 11.4 Å². The van der Waals surface area contributed by atoms with E-state index in [1.807, 2.05) is 6.92 Å². The number of hydrogen-bond acceptors (Lipinski definition) is 4. The van der Waals surface area contributed by atoms with Gasteiger partial charge in [0.05, 0.1) is 6.10 Å². The molecule has 0 spiro atoms. The van der Waals surface area contributed by atoms with Crippen LogP contribution in [-0.4, -0.2) is 35.1 Å². The minimum Gasteiger partial charge on any atom is -0.508 e. The van der Waals surface area contributed by atoms with E-state index in [0.29, 0.717) is 31.7 Å². The zero-order valence-electron chi connectivity index (χ0n) is 10.3. The molecule has 0 saturated carbocycles. The minimum absolute atomic E-state index is 0.0944. The Bertz CT molecular complexity index is 406. The molecule has 100 valence electrons. The van der Waals surface area contributed by atoms with Crippen molar-refractivity contribution in [1.29, 1.82) is 0 Å². The van der Waals surface area contributed by atoms with Crippen molar-refractivity contribution >= 4 is 0 Å². The number of ether oxygens (including phenoxy) is 1. The van der Waals surface area contributed by atoms with E-state index in [0.717, 1.165) is 6.07 Å². The van der Waals surface area contributed by atoms with Gasteiger partial charge in [-0.25, -0.2) is 4.39 Å². The fourth-order valence-corrected chi connectivity index (χ4v) is 2.16. The van der Waals surface area contributed by atoms with Crippen LogP contribution in [0.3, 0.4) is 0 Å². The maximum Gasteiger partial charge on any atom is 0.127 e. The molecule has 1 fully saturated rings. The van der Waals surface area contributed by atoms with Crippen LogP contribution >= 0.6 is 0 Å². The summed E-state index contributed by atoms with van der Waals surface area (Å²) in [5, 5.41) is 22.6. The van der Waals surface area contributed by atoms with Crippen LogP contribution in [0.25, 0.3) is 0 Å². The van der Waals surface area contributed by atoms with Gasteiger partial charge in [0.2, 0.25) is 0 Å². The first kappa shape index (κ1) is 13.3. The largest absolute Gasteiger partial charge is 0.508 e. The number of aliphatic hydroxyl groups is 1. The van der Waals surface area contributed by atoms with Crippen molar-refractivity contribution in [3.05, 3.63) is 29.6 Å². The lowest BCUT2D eigenvalue weighted by molar-refractivity contribution is -0.0262. The Balaban J connectivity index is 1.88. The molecule has 1 aliphatic rings. The highest BCUT2D eigenvalue weighted by atomic mass is 19.1. The fraction of sp³-hybridized carbons (Fsp3) is 0.538. The SMILES string of the molecule is CC1OCCC1(O)CNCc1cc(O)cc(F)c1. The Kier molecular flexibility index (Phi) is 3.85. The summed E-state index contributed by atoms with van der Waals surface area (Å²) >= 11 is 0. The highest BCUT2D eigenvalue weighted by Crippen LogP contribution is 2.24. The van der Waals surface area contributed by atoms with E-state index in [1.54, 1.807) is 0 Å². The monoisotopic (exact) mass is 255 g/mol. The van der Waals surface area contributed by atoms with Gasteiger partial charge < -0.3 is 20.3 Å². The lowest BCUT2D eigenvalue weighted by Gasteiger charge is -2.26. The summed E-state index contributed by atoms with van der Waals surface area (Å²) in [7, 11) is 0. The number of benzene rings is 1. The van der Waals surface area contributed by atoms with Crippen molar-refractivity contribution < 1.29 is 19.3 Å². The summed E-state index contributed by atoms with van der Waals surface area (Å²) in [6.07, 6.45) is 0.390. The third-order valence-corrected chi connectivity index (χ3v) is 3.36. The van der Waals surface area contributed by atoms with Gasteiger partial charge in [0.15, 0.2) is 0 Å². The van der Waals surface area contributed by atoms with Gasteiger partial charge in [-0.2, -0.15) is 0 Å². The van der Waals surface area contributed by atoms with Gasteiger partial charge in [-0.3, -0.25) is 0 Å². The van der Waals surface area contributed by atoms with Crippen LogP contribution in [0.2, 0.25) is 0 Å². The molecule has 18 heavy (non-hydrogen) atoms. The van der Waals surface area contributed by atoms with Gasteiger partial charge in [0, 0.05) is 32.2 Å². The van der Waals surface area contributed by atoms with E-state index in [2.05, 4.69) is 5.32 Å². The minimum atomic E-state index is -0.866. The summed E-state index contributed by atoms with van der Waals surface area (Å²) in [5.41, 5.74) is -0.224. The van der Waals surface area contributed by atoms with E-state index in [9.17, 15) is 14.6 Å². The van der Waals surface area contributed by atoms with Crippen molar-refractivity contribution in [1.82, 2.24) is 5.32 Å². The molecule has 0 radical (unpaired) electrons. The molecule has 2 atom stereocenters. The maximum absolute atomic E-state index is 13.0. The zero-order chi connectivity index (χ0) is 13.2. The smallest absolute Gasteiger partial charge is 0.127 e. The van der Waals surface area contributed by atoms with Crippen LogP contribution in [0, 0.1) is 5.82 Å². The molecule has 2 rings (SSSR count). The van der Waals surface area contributed by atoms with E-state index in [1.165, 1.54) is 12.1 Å². The molecular formula is C13H18FNO3. The van der Waals surface area contributed by atoms with Crippen molar-refractivity contribution in [2.75, 3.05) is 13.2 Å². The van der Waals surface area contributed by atoms with Crippen LogP contribution < -0.4 is 5.32 Å². The van der Waals surface area contributed by atoms with E-state index in [4.69, 9.17) is 4.74 Å². The Morgan fingerprint density at radius 1 is 1.50 bits per heavy atom. The molecule has 1 aromatic carbocycles. The second-order valence-electron chi connectivity index (χ2n) is 4.79. The van der Waals surface area contributed by atoms with E-state index in [-0.39, 0.29) is 11.9 Å². The molecule has 4 nitrogen and oxygen atoms in total. The first-order valence-corrected chi connectivity index (χ1v) is 6.03. The van der Waals surface area contributed by atoms with Gasteiger partial charge >= 0.3 is 0 Å².